The minimum absolute atomic E-state index is 0. The molecule has 3 rings (SSSR count). The van der Waals surface area contributed by atoms with E-state index in [9.17, 15) is 9.18 Å². The Balaban J connectivity index is 0.00000208. The van der Waals surface area contributed by atoms with E-state index in [0.717, 1.165) is 5.56 Å². The van der Waals surface area contributed by atoms with Crippen LogP contribution in [-0.2, 0) is 4.74 Å². The Labute approximate surface area is 146 Å². The molecule has 2 N–H and O–H groups in total. The Morgan fingerprint density at radius 2 is 2.04 bits per heavy atom. The number of rotatable bonds is 2. The average Bonchev–Trinajstić information content (AvgIpc) is 2.57. The summed E-state index contributed by atoms with van der Waals surface area (Å²) in [4.78, 5) is 14.5. The van der Waals surface area contributed by atoms with Crippen LogP contribution in [0, 0.1) is 12.7 Å². The molecule has 128 valence electrons. The molecule has 2 aromatic rings. The van der Waals surface area contributed by atoms with E-state index in [0.29, 0.717) is 36.5 Å². The second kappa shape index (κ2) is 7.64. The molecule has 1 amide bonds. The third-order valence-electron chi connectivity index (χ3n) is 4.10. The predicted molar refractivity (Wildman–Crippen MR) is 93.8 cm³/mol. The van der Waals surface area contributed by atoms with Gasteiger partial charge in [0.2, 0.25) is 0 Å². The Morgan fingerprint density at radius 1 is 1.29 bits per heavy atom. The van der Waals surface area contributed by atoms with Crippen LogP contribution in [0.3, 0.4) is 0 Å². The number of carbonyl (C=O) groups excluding carboxylic acids is 1. The summed E-state index contributed by atoms with van der Waals surface area (Å²) in [5.41, 5.74) is 8.28. The van der Waals surface area contributed by atoms with Crippen molar-refractivity contribution in [3.05, 3.63) is 65.0 Å². The van der Waals surface area contributed by atoms with Gasteiger partial charge in [-0.1, -0.05) is 24.3 Å². The Kier molecular flexibility index (Phi) is 5.80. The number of benzene rings is 2. The summed E-state index contributed by atoms with van der Waals surface area (Å²) < 4.78 is 19.6. The predicted octanol–water partition coefficient (Wildman–Crippen LogP) is 3.35. The first-order valence-corrected chi connectivity index (χ1v) is 7.57. The highest BCUT2D eigenvalue weighted by molar-refractivity contribution is 5.96. The summed E-state index contributed by atoms with van der Waals surface area (Å²) in [6, 6.07) is 11.8. The number of nitrogens with two attached hydrogens (primary N) is 1. The number of halogens is 2. The SMILES string of the molecule is Cc1ccc(N)cc1C(=O)N1CCOC(c2ccccc2F)C1.Cl. The molecule has 0 saturated carbocycles. The number of amides is 1. The van der Waals surface area contributed by atoms with Gasteiger partial charge in [-0.15, -0.1) is 12.4 Å². The molecule has 6 heteroatoms. The molecular weight excluding hydrogens is 331 g/mol. The number of nitrogens with zero attached hydrogens (tertiary/aromatic N) is 1. The highest BCUT2D eigenvalue weighted by Crippen LogP contribution is 2.26. The zero-order valence-corrected chi connectivity index (χ0v) is 14.2. The molecule has 24 heavy (non-hydrogen) atoms. The van der Waals surface area contributed by atoms with Gasteiger partial charge in [0, 0.05) is 23.4 Å². The van der Waals surface area contributed by atoms with Crippen molar-refractivity contribution in [3.8, 4) is 0 Å². The van der Waals surface area contributed by atoms with Gasteiger partial charge in [0.1, 0.15) is 11.9 Å². The second-order valence-corrected chi connectivity index (χ2v) is 5.71. The van der Waals surface area contributed by atoms with Crippen LogP contribution in [0.4, 0.5) is 10.1 Å². The van der Waals surface area contributed by atoms with Crippen LogP contribution in [0.15, 0.2) is 42.5 Å². The van der Waals surface area contributed by atoms with Gasteiger partial charge in [0.15, 0.2) is 0 Å². The lowest BCUT2D eigenvalue weighted by molar-refractivity contribution is -0.0243. The fourth-order valence-corrected chi connectivity index (χ4v) is 2.80. The van der Waals surface area contributed by atoms with E-state index < -0.39 is 6.10 Å². The van der Waals surface area contributed by atoms with E-state index >= 15 is 0 Å². The lowest BCUT2D eigenvalue weighted by atomic mass is 10.0. The number of hydrogen-bond acceptors (Lipinski definition) is 3. The van der Waals surface area contributed by atoms with E-state index in [2.05, 4.69) is 0 Å². The first kappa shape index (κ1) is 18.2. The van der Waals surface area contributed by atoms with Crippen molar-refractivity contribution in [1.29, 1.82) is 0 Å². The third kappa shape index (κ3) is 3.68. The number of anilines is 1. The van der Waals surface area contributed by atoms with Gasteiger partial charge in [-0.25, -0.2) is 4.39 Å². The molecule has 1 atom stereocenters. The number of nitrogen functional groups attached to an aromatic ring is 1. The highest BCUT2D eigenvalue weighted by atomic mass is 35.5. The third-order valence-corrected chi connectivity index (χ3v) is 4.10. The highest BCUT2D eigenvalue weighted by Gasteiger charge is 2.28. The quantitative estimate of drug-likeness (QED) is 0.845. The lowest BCUT2D eigenvalue weighted by Crippen LogP contribution is -2.42. The summed E-state index contributed by atoms with van der Waals surface area (Å²) in [5.74, 6) is -0.411. The van der Waals surface area contributed by atoms with Gasteiger partial charge in [-0.3, -0.25) is 4.79 Å². The van der Waals surface area contributed by atoms with Gasteiger partial charge in [0.25, 0.3) is 5.91 Å². The summed E-state index contributed by atoms with van der Waals surface area (Å²) in [5, 5.41) is 0. The normalized spacial score (nSPS) is 17.2. The number of hydrogen-bond donors (Lipinski definition) is 1. The van der Waals surface area contributed by atoms with Gasteiger partial charge in [0.05, 0.1) is 13.2 Å². The van der Waals surface area contributed by atoms with E-state index in [-0.39, 0.29) is 24.1 Å². The fourth-order valence-electron chi connectivity index (χ4n) is 2.80. The van der Waals surface area contributed by atoms with Gasteiger partial charge < -0.3 is 15.4 Å². The van der Waals surface area contributed by atoms with Crippen molar-refractivity contribution in [3.63, 3.8) is 0 Å². The van der Waals surface area contributed by atoms with Crippen LogP contribution in [0.1, 0.15) is 27.6 Å². The van der Waals surface area contributed by atoms with Crippen LogP contribution in [-0.4, -0.2) is 30.5 Å². The Hall–Kier alpha value is -2.11. The monoisotopic (exact) mass is 350 g/mol. The van der Waals surface area contributed by atoms with Crippen molar-refractivity contribution >= 4 is 24.0 Å². The van der Waals surface area contributed by atoms with Crippen molar-refractivity contribution < 1.29 is 13.9 Å². The van der Waals surface area contributed by atoms with Crippen LogP contribution in [0.2, 0.25) is 0 Å². The number of morpholine rings is 1. The Bertz CT molecular complexity index is 739. The molecule has 0 spiro atoms. The number of ether oxygens (including phenoxy) is 1. The maximum atomic E-state index is 13.9. The molecule has 1 aliphatic heterocycles. The lowest BCUT2D eigenvalue weighted by Gasteiger charge is -2.33. The zero-order chi connectivity index (χ0) is 16.4. The second-order valence-electron chi connectivity index (χ2n) is 5.71. The van der Waals surface area contributed by atoms with Crippen LogP contribution in [0.5, 0.6) is 0 Å². The summed E-state index contributed by atoms with van der Waals surface area (Å²) >= 11 is 0. The summed E-state index contributed by atoms with van der Waals surface area (Å²) in [6.07, 6.45) is -0.449. The van der Waals surface area contributed by atoms with Crippen molar-refractivity contribution in [2.45, 2.75) is 13.0 Å². The topological polar surface area (TPSA) is 55.6 Å². The average molecular weight is 351 g/mol. The van der Waals surface area contributed by atoms with Crippen molar-refractivity contribution in [2.24, 2.45) is 0 Å². The largest absolute Gasteiger partial charge is 0.399 e. The van der Waals surface area contributed by atoms with Gasteiger partial charge in [-0.05, 0) is 30.7 Å². The molecule has 0 aliphatic carbocycles. The van der Waals surface area contributed by atoms with Crippen molar-refractivity contribution in [1.82, 2.24) is 4.90 Å². The van der Waals surface area contributed by atoms with Crippen LogP contribution < -0.4 is 5.73 Å². The molecule has 1 aliphatic rings. The maximum absolute atomic E-state index is 13.9. The molecule has 0 aromatic heterocycles. The smallest absolute Gasteiger partial charge is 0.254 e. The van der Waals surface area contributed by atoms with E-state index in [1.165, 1.54) is 6.07 Å². The summed E-state index contributed by atoms with van der Waals surface area (Å²) in [7, 11) is 0. The van der Waals surface area contributed by atoms with Crippen LogP contribution in [0.25, 0.3) is 0 Å². The van der Waals surface area contributed by atoms with E-state index in [4.69, 9.17) is 10.5 Å². The molecular formula is C18H20ClFN2O2. The molecule has 1 heterocycles. The minimum Gasteiger partial charge on any atom is -0.399 e. The first-order chi connectivity index (χ1) is 11.1. The van der Waals surface area contributed by atoms with E-state index in [1.54, 1.807) is 35.2 Å². The molecule has 0 bridgehead atoms. The molecule has 1 fully saturated rings. The van der Waals surface area contributed by atoms with Gasteiger partial charge in [-0.2, -0.15) is 0 Å². The first-order valence-electron chi connectivity index (χ1n) is 7.57. The number of aryl methyl sites for hydroxylation is 1. The fraction of sp³-hybridized carbons (Fsp3) is 0.278. The number of carbonyl (C=O) groups is 1. The zero-order valence-electron chi connectivity index (χ0n) is 13.4. The van der Waals surface area contributed by atoms with E-state index in [1.807, 2.05) is 13.0 Å². The summed E-state index contributed by atoms with van der Waals surface area (Å²) in [6.45, 7) is 3.07. The van der Waals surface area contributed by atoms with Gasteiger partial charge >= 0.3 is 0 Å². The molecule has 1 saturated heterocycles. The minimum atomic E-state index is -0.449. The molecule has 4 nitrogen and oxygen atoms in total. The maximum Gasteiger partial charge on any atom is 0.254 e. The van der Waals surface area contributed by atoms with Crippen LogP contribution >= 0.6 is 12.4 Å². The standard InChI is InChI=1S/C18H19FN2O2.ClH/c1-12-6-7-13(20)10-15(12)18(22)21-8-9-23-17(11-21)14-4-2-3-5-16(14)19;/h2-7,10,17H,8-9,11,20H2,1H3;1H. The Morgan fingerprint density at radius 3 is 2.79 bits per heavy atom. The molecule has 0 radical (unpaired) electrons. The molecule has 1 unspecified atom stereocenters. The van der Waals surface area contributed by atoms with Crippen molar-refractivity contribution in [2.75, 3.05) is 25.4 Å². The molecule has 2 aromatic carbocycles.